The summed E-state index contributed by atoms with van der Waals surface area (Å²) >= 11 is 0. The zero-order valence-corrected chi connectivity index (χ0v) is 8.37. The molecule has 3 heteroatoms. The number of halogens is 2. The lowest BCUT2D eigenvalue weighted by Crippen LogP contribution is -2.18. The summed E-state index contributed by atoms with van der Waals surface area (Å²) in [5.41, 5.74) is 6.94. The van der Waals surface area contributed by atoms with Crippen LogP contribution in [0.25, 0.3) is 0 Å². The predicted molar refractivity (Wildman–Crippen MR) is 53.5 cm³/mol. The standard InChI is InChI=1S/C11H15F2N/c1-7(2)8-3-5-9(6-4-8)10(14)11(12)13/h3-7,10-11H,14H2,1-2H3/t10-/m1/s1. The lowest BCUT2D eigenvalue weighted by atomic mass is 9.99. The molecule has 0 aromatic heterocycles. The quantitative estimate of drug-likeness (QED) is 0.795. The average Bonchev–Trinajstić information content (AvgIpc) is 2.16. The molecule has 78 valence electrons. The lowest BCUT2D eigenvalue weighted by molar-refractivity contribution is 0.116. The molecular weight excluding hydrogens is 184 g/mol. The van der Waals surface area contributed by atoms with Crippen molar-refractivity contribution < 1.29 is 8.78 Å². The fourth-order valence-corrected chi connectivity index (χ4v) is 1.25. The molecule has 0 radical (unpaired) electrons. The van der Waals surface area contributed by atoms with Gasteiger partial charge in [0.15, 0.2) is 0 Å². The second-order valence-corrected chi connectivity index (χ2v) is 3.68. The Morgan fingerprint density at radius 1 is 1.00 bits per heavy atom. The Kier molecular flexibility index (Phi) is 3.58. The summed E-state index contributed by atoms with van der Waals surface area (Å²) < 4.78 is 24.5. The van der Waals surface area contributed by atoms with Crippen LogP contribution in [0.15, 0.2) is 24.3 Å². The Morgan fingerprint density at radius 2 is 1.43 bits per heavy atom. The largest absolute Gasteiger partial charge is 0.319 e. The van der Waals surface area contributed by atoms with Crippen molar-refractivity contribution in [3.05, 3.63) is 35.4 Å². The van der Waals surface area contributed by atoms with E-state index in [2.05, 4.69) is 13.8 Å². The minimum Gasteiger partial charge on any atom is -0.319 e. The molecule has 0 fully saturated rings. The maximum absolute atomic E-state index is 12.2. The van der Waals surface area contributed by atoms with Gasteiger partial charge in [-0.05, 0) is 17.0 Å². The van der Waals surface area contributed by atoms with Crippen LogP contribution < -0.4 is 5.73 Å². The minimum absolute atomic E-state index is 0.409. The van der Waals surface area contributed by atoms with E-state index in [1.165, 1.54) is 0 Å². The SMILES string of the molecule is CC(C)c1ccc([C@@H](N)C(F)F)cc1. The zero-order chi connectivity index (χ0) is 10.7. The van der Waals surface area contributed by atoms with Crippen LogP contribution in [0.4, 0.5) is 8.78 Å². The van der Waals surface area contributed by atoms with Gasteiger partial charge in [-0.15, -0.1) is 0 Å². The first-order chi connectivity index (χ1) is 6.52. The Labute approximate surface area is 82.9 Å². The summed E-state index contributed by atoms with van der Waals surface area (Å²) in [6.45, 7) is 4.12. The monoisotopic (exact) mass is 199 g/mol. The average molecular weight is 199 g/mol. The third-order valence-corrected chi connectivity index (χ3v) is 2.26. The van der Waals surface area contributed by atoms with Gasteiger partial charge in [-0.3, -0.25) is 0 Å². The highest BCUT2D eigenvalue weighted by atomic mass is 19.3. The van der Waals surface area contributed by atoms with Gasteiger partial charge in [0.1, 0.15) is 0 Å². The number of benzene rings is 1. The molecule has 0 amide bonds. The highest BCUT2D eigenvalue weighted by molar-refractivity contribution is 5.26. The van der Waals surface area contributed by atoms with Crippen LogP contribution >= 0.6 is 0 Å². The predicted octanol–water partition coefficient (Wildman–Crippen LogP) is 3.07. The normalized spacial score (nSPS) is 13.6. The van der Waals surface area contributed by atoms with Crippen LogP contribution in [0.1, 0.15) is 36.9 Å². The third-order valence-electron chi connectivity index (χ3n) is 2.26. The molecule has 1 atom stereocenters. The van der Waals surface area contributed by atoms with Crippen LogP contribution in [-0.2, 0) is 0 Å². The molecule has 0 saturated carbocycles. The first-order valence-electron chi connectivity index (χ1n) is 4.66. The van der Waals surface area contributed by atoms with Gasteiger partial charge in [0.25, 0.3) is 6.43 Å². The van der Waals surface area contributed by atoms with Gasteiger partial charge in [0.05, 0.1) is 6.04 Å². The van der Waals surface area contributed by atoms with Gasteiger partial charge in [-0.1, -0.05) is 38.1 Å². The second-order valence-electron chi connectivity index (χ2n) is 3.68. The summed E-state index contributed by atoms with van der Waals surface area (Å²) in [5.74, 6) is 0.409. The number of rotatable bonds is 3. The van der Waals surface area contributed by atoms with Crippen molar-refractivity contribution in [1.82, 2.24) is 0 Å². The number of alkyl halides is 2. The molecule has 0 spiro atoms. The van der Waals surface area contributed by atoms with Crippen LogP contribution in [0.2, 0.25) is 0 Å². The first-order valence-corrected chi connectivity index (χ1v) is 4.66. The fourth-order valence-electron chi connectivity index (χ4n) is 1.25. The van der Waals surface area contributed by atoms with Crippen molar-refractivity contribution in [3.8, 4) is 0 Å². The number of hydrogen-bond acceptors (Lipinski definition) is 1. The minimum atomic E-state index is -2.50. The maximum Gasteiger partial charge on any atom is 0.257 e. The van der Waals surface area contributed by atoms with Crippen molar-refractivity contribution in [3.63, 3.8) is 0 Å². The van der Waals surface area contributed by atoms with E-state index in [1.807, 2.05) is 12.1 Å². The summed E-state index contributed by atoms with van der Waals surface area (Å²) in [7, 11) is 0. The van der Waals surface area contributed by atoms with E-state index in [0.717, 1.165) is 5.56 Å². The van der Waals surface area contributed by atoms with E-state index in [-0.39, 0.29) is 0 Å². The van der Waals surface area contributed by atoms with E-state index in [1.54, 1.807) is 12.1 Å². The van der Waals surface area contributed by atoms with E-state index >= 15 is 0 Å². The Balaban J connectivity index is 2.83. The van der Waals surface area contributed by atoms with Crippen molar-refractivity contribution in [2.24, 2.45) is 5.73 Å². The summed E-state index contributed by atoms with van der Waals surface area (Å²) in [5, 5.41) is 0. The lowest BCUT2D eigenvalue weighted by Gasteiger charge is -2.12. The first kappa shape index (κ1) is 11.1. The molecule has 0 aliphatic heterocycles. The third kappa shape index (κ3) is 2.51. The van der Waals surface area contributed by atoms with Gasteiger partial charge in [-0.25, -0.2) is 8.78 Å². The topological polar surface area (TPSA) is 26.0 Å². The van der Waals surface area contributed by atoms with E-state index in [0.29, 0.717) is 11.5 Å². The van der Waals surface area contributed by atoms with Gasteiger partial charge >= 0.3 is 0 Å². The highest BCUT2D eigenvalue weighted by Crippen LogP contribution is 2.21. The number of nitrogens with two attached hydrogens (primary N) is 1. The van der Waals surface area contributed by atoms with E-state index in [4.69, 9.17) is 5.73 Å². The second kappa shape index (κ2) is 4.51. The number of hydrogen-bond donors (Lipinski definition) is 1. The molecule has 14 heavy (non-hydrogen) atoms. The molecule has 0 heterocycles. The molecule has 0 bridgehead atoms. The molecular formula is C11H15F2N. The molecule has 0 aliphatic rings. The van der Waals surface area contributed by atoms with Gasteiger partial charge in [0, 0.05) is 0 Å². The summed E-state index contributed by atoms with van der Waals surface area (Å²) in [4.78, 5) is 0. The van der Waals surface area contributed by atoms with Crippen LogP contribution in [0.3, 0.4) is 0 Å². The van der Waals surface area contributed by atoms with Crippen molar-refractivity contribution in [2.75, 3.05) is 0 Å². The Hall–Kier alpha value is -0.960. The molecule has 2 N–H and O–H groups in total. The van der Waals surface area contributed by atoms with E-state index < -0.39 is 12.5 Å². The van der Waals surface area contributed by atoms with Gasteiger partial charge < -0.3 is 5.73 Å². The molecule has 1 aromatic rings. The van der Waals surface area contributed by atoms with Crippen LogP contribution in [0, 0.1) is 0 Å². The summed E-state index contributed by atoms with van der Waals surface area (Å²) in [6.07, 6.45) is -2.50. The Bertz CT molecular complexity index is 280. The van der Waals surface area contributed by atoms with Crippen molar-refractivity contribution in [2.45, 2.75) is 32.2 Å². The molecule has 0 saturated heterocycles. The molecule has 0 unspecified atom stereocenters. The zero-order valence-electron chi connectivity index (χ0n) is 8.37. The van der Waals surface area contributed by atoms with Gasteiger partial charge in [0.2, 0.25) is 0 Å². The molecule has 1 aromatic carbocycles. The van der Waals surface area contributed by atoms with Crippen molar-refractivity contribution >= 4 is 0 Å². The highest BCUT2D eigenvalue weighted by Gasteiger charge is 2.16. The molecule has 0 aliphatic carbocycles. The van der Waals surface area contributed by atoms with Crippen LogP contribution in [-0.4, -0.2) is 6.43 Å². The molecule has 1 nitrogen and oxygen atoms in total. The fraction of sp³-hybridized carbons (Fsp3) is 0.455. The van der Waals surface area contributed by atoms with Crippen molar-refractivity contribution in [1.29, 1.82) is 0 Å². The molecule has 1 rings (SSSR count). The smallest absolute Gasteiger partial charge is 0.257 e. The Morgan fingerprint density at radius 3 is 1.79 bits per heavy atom. The summed E-state index contributed by atoms with van der Waals surface area (Å²) in [6, 6.07) is 5.87. The van der Waals surface area contributed by atoms with Crippen LogP contribution in [0.5, 0.6) is 0 Å². The van der Waals surface area contributed by atoms with Gasteiger partial charge in [-0.2, -0.15) is 0 Å². The van der Waals surface area contributed by atoms with E-state index in [9.17, 15) is 8.78 Å². The maximum atomic E-state index is 12.2.